The number of benzene rings is 2. The Kier molecular flexibility index (Phi) is 4.31. The molecule has 0 spiro atoms. The van der Waals surface area contributed by atoms with Gasteiger partial charge in [-0.15, -0.1) is 0 Å². The molecule has 0 unspecified atom stereocenters. The third-order valence-electron chi connectivity index (χ3n) is 3.40. The van der Waals surface area contributed by atoms with Crippen molar-refractivity contribution in [1.29, 1.82) is 0 Å². The van der Waals surface area contributed by atoms with Crippen molar-refractivity contribution >= 4 is 55.5 Å². The number of rotatable bonds is 4. The smallest absolute Gasteiger partial charge is 0.204 e. The zero-order valence-electron chi connectivity index (χ0n) is 12.4. The van der Waals surface area contributed by atoms with Gasteiger partial charge in [0.25, 0.3) is 0 Å². The number of hydrogen-bond donors (Lipinski definition) is 1. The molecule has 0 amide bonds. The van der Waals surface area contributed by atoms with E-state index in [0.717, 1.165) is 26.7 Å². The van der Waals surface area contributed by atoms with Crippen LogP contribution in [0.1, 0.15) is 5.76 Å². The number of anilines is 1. The molecular formula is C18H12IN3OS. The Balaban J connectivity index is 1.47. The average molecular weight is 445 g/mol. The van der Waals surface area contributed by atoms with Crippen LogP contribution >= 0.6 is 33.9 Å². The Hall–Kier alpha value is -2.19. The van der Waals surface area contributed by atoms with Crippen molar-refractivity contribution in [2.24, 2.45) is 5.10 Å². The number of hydrogen-bond acceptors (Lipinski definition) is 5. The van der Waals surface area contributed by atoms with E-state index >= 15 is 0 Å². The Morgan fingerprint density at radius 1 is 1.04 bits per heavy atom. The summed E-state index contributed by atoms with van der Waals surface area (Å²) in [5.41, 5.74) is 4.98. The molecule has 0 atom stereocenters. The van der Waals surface area contributed by atoms with Gasteiger partial charge in [-0.25, -0.2) is 4.98 Å². The molecule has 2 aromatic heterocycles. The maximum atomic E-state index is 5.80. The van der Waals surface area contributed by atoms with E-state index in [1.165, 1.54) is 3.57 Å². The standard InChI is InChI=1S/C18H12IN3OS/c19-13-7-5-12(6-8-13)16-10-9-14(23-16)11-20-22-18-21-15-3-1-2-4-17(15)24-18/h1-11H,(H,21,22)/b20-11+. The lowest BCUT2D eigenvalue weighted by Gasteiger charge is -1.96. The molecule has 24 heavy (non-hydrogen) atoms. The van der Waals surface area contributed by atoms with Gasteiger partial charge in [-0.3, -0.25) is 5.43 Å². The highest BCUT2D eigenvalue weighted by Crippen LogP contribution is 2.25. The molecule has 0 aliphatic rings. The Labute approximate surface area is 156 Å². The van der Waals surface area contributed by atoms with Gasteiger partial charge in [-0.1, -0.05) is 35.6 Å². The van der Waals surface area contributed by atoms with E-state index in [1.807, 2.05) is 48.5 Å². The van der Waals surface area contributed by atoms with Crippen molar-refractivity contribution in [3.8, 4) is 11.3 Å². The van der Waals surface area contributed by atoms with Crippen LogP contribution in [0.5, 0.6) is 0 Å². The van der Waals surface area contributed by atoms with E-state index in [2.05, 4.69) is 50.2 Å². The zero-order valence-corrected chi connectivity index (χ0v) is 15.4. The Bertz CT molecular complexity index is 971. The summed E-state index contributed by atoms with van der Waals surface area (Å²) in [6, 6.07) is 20.1. The number of furan rings is 1. The fourth-order valence-electron chi connectivity index (χ4n) is 2.26. The first-order valence-corrected chi connectivity index (χ1v) is 9.18. The highest BCUT2D eigenvalue weighted by molar-refractivity contribution is 14.1. The lowest BCUT2D eigenvalue weighted by Crippen LogP contribution is -1.88. The Morgan fingerprint density at radius 3 is 2.71 bits per heavy atom. The van der Waals surface area contributed by atoms with Gasteiger partial charge in [-0.05, 0) is 59.0 Å². The summed E-state index contributed by atoms with van der Waals surface area (Å²) in [7, 11) is 0. The second-order valence-electron chi connectivity index (χ2n) is 5.07. The number of para-hydroxylation sites is 1. The molecule has 0 aliphatic heterocycles. The van der Waals surface area contributed by atoms with E-state index in [0.29, 0.717) is 5.76 Å². The fourth-order valence-corrected chi connectivity index (χ4v) is 3.44. The maximum absolute atomic E-state index is 5.80. The molecular weight excluding hydrogens is 433 g/mol. The molecule has 0 bridgehead atoms. The second-order valence-corrected chi connectivity index (χ2v) is 7.34. The quantitative estimate of drug-likeness (QED) is 0.253. The van der Waals surface area contributed by atoms with Crippen LogP contribution in [0.4, 0.5) is 5.13 Å². The van der Waals surface area contributed by atoms with Crippen molar-refractivity contribution in [2.45, 2.75) is 0 Å². The van der Waals surface area contributed by atoms with Crippen LogP contribution in [-0.2, 0) is 0 Å². The minimum Gasteiger partial charge on any atom is -0.455 e. The van der Waals surface area contributed by atoms with E-state index in [9.17, 15) is 0 Å². The number of nitrogens with zero attached hydrogens (tertiary/aromatic N) is 2. The summed E-state index contributed by atoms with van der Waals surface area (Å²) < 4.78 is 8.13. The lowest BCUT2D eigenvalue weighted by atomic mass is 10.2. The summed E-state index contributed by atoms with van der Waals surface area (Å²) >= 11 is 3.85. The molecule has 0 saturated heterocycles. The molecule has 6 heteroatoms. The third kappa shape index (κ3) is 3.34. The molecule has 0 aliphatic carbocycles. The van der Waals surface area contributed by atoms with Gasteiger partial charge in [0, 0.05) is 9.13 Å². The van der Waals surface area contributed by atoms with Crippen LogP contribution in [0.3, 0.4) is 0 Å². The topological polar surface area (TPSA) is 50.4 Å². The molecule has 0 fully saturated rings. The normalized spacial score (nSPS) is 11.4. The second kappa shape index (κ2) is 6.74. The van der Waals surface area contributed by atoms with Gasteiger partial charge in [0.15, 0.2) is 0 Å². The Morgan fingerprint density at radius 2 is 1.88 bits per heavy atom. The van der Waals surface area contributed by atoms with Gasteiger partial charge in [-0.2, -0.15) is 5.10 Å². The van der Waals surface area contributed by atoms with Crippen LogP contribution in [0.25, 0.3) is 21.5 Å². The predicted octanol–water partition coefficient (Wildman–Crippen LogP) is 5.61. The number of fused-ring (bicyclic) bond motifs is 1. The minimum absolute atomic E-state index is 0.692. The maximum Gasteiger partial charge on any atom is 0.204 e. The number of aromatic nitrogens is 1. The van der Waals surface area contributed by atoms with Crippen molar-refractivity contribution < 1.29 is 4.42 Å². The zero-order chi connectivity index (χ0) is 16.4. The number of nitrogens with one attached hydrogen (secondary N) is 1. The van der Waals surface area contributed by atoms with E-state index in [-0.39, 0.29) is 0 Å². The van der Waals surface area contributed by atoms with Crippen LogP contribution in [0.15, 0.2) is 70.2 Å². The summed E-state index contributed by atoms with van der Waals surface area (Å²) in [6.45, 7) is 0. The van der Waals surface area contributed by atoms with Crippen molar-refractivity contribution in [3.63, 3.8) is 0 Å². The number of thiazole rings is 1. The average Bonchev–Trinajstić information content (AvgIpc) is 3.22. The summed E-state index contributed by atoms with van der Waals surface area (Å²) in [5.74, 6) is 1.52. The minimum atomic E-state index is 0.692. The van der Waals surface area contributed by atoms with Crippen LogP contribution < -0.4 is 5.43 Å². The predicted molar refractivity (Wildman–Crippen MR) is 108 cm³/mol. The van der Waals surface area contributed by atoms with E-state index < -0.39 is 0 Å². The first-order chi connectivity index (χ1) is 11.8. The molecule has 0 saturated carbocycles. The van der Waals surface area contributed by atoms with Crippen LogP contribution in [0.2, 0.25) is 0 Å². The van der Waals surface area contributed by atoms with E-state index in [1.54, 1.807) is 17.6 Å². The fraction of sp³-hybridized carbons (Fsp3) is 0. The van der Waals surface area contributed by atoms with Gasteiger partial charge < -0.3 is 4.42 Å². The molecule has 2 heterocycles. The summed E-state index contributed by atoms with van der Waals surface area (Å²) in [5, 5.41) is 4.97. The van der Waals surface area contributed by atoms with Gasteiger partial charge >= 0.3 is 0 Å². The highest BCUT2D eigenvalue weighted by Gasteiger charge is 2.04. The first kappa shape index (κ1) is 15.3. The number of hydrazone groups is 1. The summed E-state index contributed by atoms with van der Waals surface area (Å²) in [4.78, 5) is 4.47. The molecule has 1 N–H and O–H groups in total. The SMILES string of the molecule is Ic1ccc(-c2ccc(/C=N/Nc3nc4ccccc4s3)o2)cc1. The highest BCUT2D eigenvalue weighted by atomic mass is 127. The number of halogens is 1. The molecule has 4 nitrogen and oxygen atoms in total. The molecule has 0 radical (unpaired) electrons. The van der Waals surface area contributed by atoms with Crippen LogP contribution in [0, 0.1) is 3.57 Å². The van der Waals surface area contributed by atoms with Crippen molar-refractivity contribution in [3.05, 3.63) is 70.0 Å². The van der Waals surface area contributed by atoms with Crippen molar-refractivity contribution in [2.75, 3.05) is 5.43 Å². The monoisotopic (exact) mass is 445 g/mol. The molecule has 4 aromatic rings. The van der Waals surface area contributed by atoms with Crippen molar-refractivity contribution in [1.82, 2.24) is 4.98 Å². The lowest BCUT2D eigenvalue weighted by molar-refractivity contribution is 0.575. The van der Waals surface area contributed by atoms with Crippen LogP contribution in [-0.4, -0.2) is 11.2 Å². The molecule has 2 aromatic carbocycles. The third-order valence-corrected chi connectivity index (χ3v) is 5.06. The van der Waals surface area contributed by atoms with Gasteiger partial charge in [0.1, 0.15) is 11.5 Å². The van der Waals surface area contributed by atoms with Gasteiger partial charge in [0.2, 0.25) is 5.13 Å². The van der Waals surface area contributed by atoms with Gasteiger partial charge in [0.05, 0.1) is 16.4 Å². The first-order valence-electron chi connectivity index (χ1n) is 7.28. The largest absolute Gasteiger partial charge is 0.455 e. The summed E-state index contributed by atoms with van der Waals surface area (Å²) in [6.07, 6.45) is 1.66. The molecule has 118 valence electrons. The van der Waals surface area contributed by atoms with E-state index in [4.69, 9.17) is 4.42 Å². The molecule has 4 rings (SSSR count).